The van der Waals surface area contributed by atoms with Gasteiger partial charge >= 0.3 is 0 Å². The van der Waals surface area contributed by atoms with Crippen molar-refractivity contribution in [2.75, 3.05) is 17.6 Å². The highest BCUT2D eigenvalue weighted by molar-refractivity contribution is 5.68. The van der Waals surface area contributed by atoms with E-state index < -0.39 is 0 Å². The number of nitrogens with one attached hydrogen (secondary N) is 1. The second-order valence-corrected chi connectivity index (χ2v) is 4.52. The van der Waals surface area contributed by atoms with Gasteiger partial charge in [-0.3, -0.25) is 0 Å². The van der Waals surface area contributed by atoms with Crippen LogP contribution in [-0.4, -0.2) is 6.54 Å². The number of hydrogen-bond acceptors (Lipinski definition) is 3. The summed E-state index contributed by atoms with van der Waals surface area (Å²) in [4.78, 5) is 0. The molecule has 3 N–H and O–H groups in total. The maximum atomic E-state index is 8.72. The number of nitrogen functional groups attached to an aromatic ring is 1. The zero-order valence-electron chi connectivity index (χ0n) is 10.1. The van der Waals surface area contributed by atoms with Crippen molar-refractivity contribution < 1.29 is 0 Å². The van der Waals surface area contributed by atoms with E-state index in [1.807, 2.05) is 6.07 Å². The number of benzene rings is 1. The monoisotopic (exact) mass is 217 g/mol. The van der Waals surface area contributed by atoms with Gasteiger partial charge in [-0.1, -0.05) is 20.8 Å². The molecule has 0 radical (unpaired) electrons. The van der Waals surface area contributed by atoms with Crippen molar-refractivity contribution in [3.63, 3.8) is 0 Å². The molecule has 1 aromatic rings. The second-order valence-electron chi connectivity index (χ2n) is 4.52. The summed E-state index contributed by atoms with van der Waals surface area (Å²) in [6, 6.07) is 7.41. The summed E-state index contributed by atoms with van der Waals surface area (Å²) in [5.74, 6) is 1.24. The molecule has 1 unspecified atom stereocenters. The van der Waals surface area contributed by atoms with Gasteiger partial charge in [-0.2, -0.15) is 5.26 Å². The molecular formula is C13H19N3. The lowest BCUT2D eigenvalue weighted by atomic mass is 9.98. The molecule has 3 heteroatoms. The summed E-state index contributed by atoms with van der Waals surface area (Å²) in [6.45, 7) is 7.51. The Morgan fingerprint density at radius 2 is 2.06 bits per heavy atom. The Morgan fingerprint density at radius 3 is 2.56 bits per heavy atom. The van der Waals surface area contributed by atoms with E-state index in [0.717, 1.165) is 12.2 Å². The Hall–Kier alpha value is -1.69. The molecule has 0 aliphatic heterocycles. The molecule has 0 amide bonds. The molecule has 0 aliphatic carbocycles. The van der Waals surface area contributed by atoms with Crippen LogP contribution in [0.15, 0.2) is 18.2 Å². The van der Waals surface area contributed by atoms with E-state index in [9.17, 15) is 0 Å². The smallest absolute Gasteiger partial charge is 0.0992 e. The summed E-state index contributed by atoms with van der Waals surface area (Å²) < 4.78 is 0. The number of nitriles is 1. The van der Waals surface area contributed by atoms with Gasteiger partial charge in [-0.25, -0.2) is 0 Å². The molecule has 0 aliphatic rings. The maximum Gasteiger partial charge on any atom is 0.0992 e. The van der Waals surface area contributed by atoms with Crippen LogP contribution in [0.1, 0.15) is 26.3 Å². The molecule has 1 atom stereocenters. The minimum absolute atomic E-state index is 0.593. The molecule has 0 aromatic heterocycles. The standard InChI is InChI=1S/C13H19N3/c1-9(2)10(3)8-16-13-5-4-11(7-14)6-12(13)15/h4-6,9-10,16H,8,15H2,1-3H3. The third kappa shape index (κ3) is 3.16. The second kappa shape index (κ2) is 5.41. The molecule has 0 fully saturated rings. The van der Waals surface area contributed by atoms with Crippen LogP contribution < -0.4 is 11.1 Å². The summed E-state index contributed by atoms with van der Waals surface area (Å²) in [7, 11) is 0. The fraction of sp³-hybridized carbons (Fsp3) is 0.462. The number of anilines is 2. The summed E-state index contributed by atoms with van der Waals surface area (Å²) in [5.41, 5.74) is 7.99. The number of nitrogens with two attached hydrogens (primary N) is 1. The summed E-state index contributed by atoms with van der Waals surface area (Å²) in [5, 5.41) is 12.0. The zero-order valence-corrected chi connectivity index (χ0v) is 10.1. The minimum Gasteiger partial charge on any atom is -0.397 e. The minimum atomic E-state index is 0.593. The largest absolute Gasteiger partial charge is 0.397 e. The lowest BCUT2D eigenvalue weighted by Gasteiger charge is -2.17. The van der Waals surface area contributed by atoms with Crippen LogP contribution >= 0.6 is 0 Å². The molecule has 0 saturated heterocycles. The van der Waals surface area contributed by atoms with Gasteiger partial charge in [-0.05, 0) is 30.0 Å². The number of hydrogen-bond donors (Lipinski definition) is 2. The molecule has 1 rings (SSSR count). The van der Waals surface area contributed by atoms with Gasteiger partial charge in [0.15, 0.2) is 0 Å². The van der Waals surface area contributed by atoms with Gasteiger partial charge in [0.1, 0.15) is 0 Å². The molecule has 86 valence electrons. The summed E-state index contributed by atoms with van der Waals surface area (Å²) >= 11 is 0. The van der Waals surface area contributed by atoms with E-state index in [0.29, 0.717) is 23.1 Å². The molecular weight excluding hydrogens is 198 g/mol. The van der Waals surface area contributed by atoms with E-state index in [2.05, 4.69) is 32.2 Å². The van der Waals surface area contributed by atoms with Gasteiger partial charge in [0, 0.05) is 6.54 Å². The van der Waals surface area contributed by atoms with Crippen LogP contribution in [0.4, 0.5) is 11.4 Å². The van der Waals surface area contributed by atoms with E-state index in [-0.39, 0.29) is 0 Å². The fourth-order valence-corrected chi connectivity index (χ4v) is 1.30. The van der Waals surface area contributed by atoms with Crippen molar-refractivity contribution >= 4 is 11.4 Å². The van der Waals surface area contributed by atoms with Crippen LogP contribution in [0.2, 0.25) is 0 Å². The molecule has 0 spiro atoms. The van der Waals surface area contributed by atoms with Gasteiger partial charge in [0.25, 0.3) is 0 Å². The van der Waals surface area contributed by atoms with Crippen molar-refractivity contribution in [3.8, 4) is 6.07 Å². The average Bonchev–Trinajstić information content (AvgIpc) is 2.26. The van der Waals surface area contributed by atoms with E-state index >= 15 is 0 Å². The van der Waals surface area contributed by atoms with Gasteiger partial charge in [0.2, 0.25) is 0 Å². The van der Waals surface area contributed by atoms with Gasteiger partial charge < -0.3 is 11.1 Å². The van der Waals surface area contributed by atoms with Gasteiger partial charge in [0.05, 0.1) is 23.0 Å². The van der Waals surface area contributed by atoms with Gasteiger partial charge in [-0.15, -0.1) is 0 Å². The van der Waals surface area contributed by atoms with Crippen LogP contribution in [0.25, 0.3) is 0 Å². The molecule has 0 heterocycles. The van der Waals surface area contributed by atoms with E-state index in [1.165, 1.54) is 0 Å². The highest BCUT2D eigenvalue weighted by Gasteiger charge is 2.07. The highest BCUT2D eigenvalue weighted by Crippen LogP contribution is 2.20. The Kier molecular flexibility index (Phi) is 4.19. The van der Waals surface area contributed by atoms with Crippen LogP contribution in [0, 0.1) is 23.2 Å². The first kappa shape index (κ1) is 12.4. The van der Waals surface area contributed by atoms with Crippen LogP contribution in [-0.2, 0) is 0 Å². The van der Waals surface area contributed by atoms with Crippen LogP contribution in [0.5, 0.6) is 0 Å². The first-order chi connectivity index (χ1) is 7.54. The Balaban J connectivity index is 2.65. The van der Waals surface area contributed by atoms with Crippen molar-refractivity contribution in [2.45, 2.75) is 20.8 Å². The molecule has 1 aromatic carbocycles. The van der Waals surface area contributed by atoms with Crippen molar-refractivity contribution in [1.29, 1.82) is 5.26 Å². The predicted molar refractivity (Wildman–Crippen MR) is 68.1 cm³/mol. The third-order valence-electron chi connectivity index (χ3n) is 2.93. The Bertz CT molecular complexity index is 391. The SMILES string of the molecule is CC(C)C(C)CNc1ccc(C#N)cc1N. The molecule has 3 nitrogen and oxygen atoms in total. The number of rotatable bonds is 4. The average molecular weight is 217 g/mol. The lowest BCUT2D eigenvalue weighted by molar-refractivity contribution is 0.440. The predicted octanol–water partition coefficient (Wildman–Crippen LogP) is 2.84. The lowest BCUT2D eigenvalue weighted by Crippen LogP contribution is -2.16. The quantitative estimate of drug-likeness (QED) is 0.762. The number of nitrogens with zero attached hydrogens (tertiary/aromatic N) is 1. The Labute approximate surface area is 97.3 Å². The van der Waals surface area contributed by atoms with Crippen LogP contribution in [0.3, 0.4) is 0 Å². The molecule has 0 saturated carbocycles. The first-order valence-electron chi connectivity index (χ1n) is 5.58. The normalized spacial score (nSPS) is 12.2. The highest BCUT2D eigenvalue weighted by atomic mass is 14.9. The van der Waals surface area contributed by atoms with Crippen molar-refractivity contribution in [1.82, 2.24) is 0 Å². The fourth-order valence-electron chi connectivity index (χ4n) is 1.30. The first-order valence-corrected chi connectivity index (χ1v) is 5.58. The third-order valence-corrected chi connectivity index (χ3v) is 2.93. The molecule has 0 bridgehead atoms. The maximum absolute atomic E-state index is 8.72. The zero-order chi connectivity index (χ0) is 12.1. The topological polar surface area (TPSA) is 61.8 Å². The van der Waals surface area contributed by atoms with Crippen molar-refractivity contribution in [3.05, 3.63) is 23.8 Å². The van der Waals surface area contributed by atoms with Crippen molar-refractivity contribution in [2.24, 2.45) is 11.8 Å². The summed E-state index contributed by atoms with van der Waals surface area (Å²) in [6.07, 6.45) is 0. The Morgan fingerprint density at radius 1 is 1.38 bits per heavy atom. The molecule has 16 heavy (non-hydrogen) atoms. The van der Waals surface area contributed by atoms with E-state index in [4.69, 9.17) is 11.0 Å². The van der Waals surface area contributed by atoms with E-state index in [1.54, 1.807) is 12.1 Å².